The first-order chi connectivity index (χ1) is 15.6. The lowest BCUT2D eigenvalue weighted by atomic mass is 10.1. The molecule has 2 heterocycles. The number of rotatable bonds is 5. The van der Waals surface area contributed by atoms with Crippen LogP contribution in [-0.4, -0.2) is 35.6 Å². The number of esters is 1. The molecule has 1 atom stereocenters. The predicted molar refractivity (Wildman–Crippen MR) is 124 cm³/mol. The minimum absolute atomic E-state index is 0.0340. The minimum Gasteiger partial charge on any atom is -0.479 e. The van der Waals surface area contributed by atoms with Crippen LogP contribution in [0.5, 0.6) is 5.75 Å². The monoisotopic (exact) mass is 448 g/mol. The molecule has 1 fully saturated rings. The number of ether oxygens (including phenoxy) is 2. The van der Waals surface area contributed by atoms with Gasteiger partial charge in [0.1, 0.15) is 23.4 Å². The summed E-state index contributed by atoms with van der Waals surface area (Å²) < 4.78 is 11.4. The topological polar surface area (TPSA) is 68.7 Å². The predicted octanol–water partition coefficient (Wildman–Crippen LogP) is 5.08. The van der Waals surface area contributed by atoms with Crippen molar-refractivity contribution < 1.29 is 19.1 Å². The van der Waals surface area contributed by atoms with Crippen LogP contribution in [0.2, 0.25) is 0 Å². The Hall–Kier alpha value is -3.19. The van der Waals surface area contributed by atoms with E-state index in [9.17, 15) is 9.59 Å². The smallest absolute Gasteiger partial charge is 0.326 e. The maximum absolute atomic E-state index is 12.9. The number of benzene rings is 2. The second kappa shape index (κ2) is 8.74. The molecule has 0 radical (unpaired) electrons. The van der Waals surface area contributed by atoms with Crippen LogP contribution < -0.4 is 9.64 Å². The van der Waals surface area contributed by atoms with Gasteiger partial charge in [-0.25, -0.2) is 4.98 Å². The van der Waals surface area contributed by atoms with Crippen molar-refractivity contribution in [2.45, 2.75) is 44.8 Å². The van der Waals surface area contributed by atoms with Gasteiger partial charge < -0.3 is 9.47 Å². The average Bonchev–Trinajstić information content (AvgIpc) is 3.50. The minimum atomic E-state index is -0.656. The van der Waals surface area contributed by atoms with E-state index in [1.165, 1.54) is 4.90 Å². The molecule has 5 rings (SSSR count). The van der Waals surface area contributed by atoms with Crippen molar-refractivity contribution in [3.63, 3.8) is 0 Å². The summed E-state index contributed by atoms with van der Waals surface area (Å²) in [6.07, 6.45) is 3.26. The number of aromatic nitrogens is 1. The van der Waals surface area contributed by atoms with Crippen molar-refractivity contribution in [1.82, 2.24) is 4.98 Å². The Bertz CT molecular complexity index is 1140. The van der Waals surface area contributed by atoms with Crippen molar-refractivity contribution in [1.29, 1.82) is 0 Å². The first-order valence-electron chi connectivity index (χ1n) is 10.9. The fourth-order valence-corrected chi connectivity index (χ4v) is 5.04. The zero-order valence-electron chi connectivity index (χ0n) is 17.8. The molecule has 32 heavy (non-hydrogen) atoms. The van der Waals surface area contributed by atoms with Gasteiger partial charge in [-0.2, -0.15) is 0 Å². The van der Waals surface area contributed by atoms with Gasteiger partial charge in [-0.15, -0.1) is 11.3 Å². The van der Waals surface area contributed by atoms with Crippen molar-refractivity contribution in [3.8, 4) is 27.6 Å². The van der Waals surface area contributed by atoms with Gasteiger partial charge >= 0.3 is 5.97 Å². The zero-order valence-corrected chi connectivity index (χ0v) is 18.6. The summed E-state index contributed by atoms with van der Waals surface area (Å²) in [5.41, 5.74) is 3.31. The number of nitrogens with zero attached hydrogens (tertiary/aromatic N) is 2. The third kappa shape index (κ3) is 4.12. The van der Waals surface area contributed by atoms with E-state index in [0.29, 0.717) is 11.4 Å². The van der Waals surface area contributed by atoms with Crippen LogP contribution in [0.25, 0.3) is 21.8 Å². The molecule has 0 spiro atoms. The van der Waals surface area contributed by atoms with Crippen LogP contribution >= 0.6 is 11.3 Å². The number of carbonyl (C=O) groups excluding carboxylic acids is 2. The van der Waals surface area contributed by atoms with Crippen LogP contribution in [0.4, 0.5) is 5.69 Å². The summed E-state index contributed by atoms with van der Waals surface area (Å²) in [5, 5.41) is 2.92. The Morgan fingerprint density at radius 2 is 1.94 bits per heavy atom. The van der Waals surface area contributed by atoms with E-state index in [4.69, 9.17) is 14.5 Å². The van der Waals surface area contributed by atoms with Crippen molar-refractivity contribution in [2.24, 2.45) is 0 Å². The fourth-order valence-electron chi connectivity index (χ4n) is 4.21. The van der Waals surface area contributed by atoms with Crippen molar-refractivity contribution >= 4 is 28.9 Å². The van der Waals surface area contributed by atoms with E-state index in [0.717, 1.165) is 47.5 Å². The maximum Gasteiger partial charge on any atom is 0.326 e. The lowest BCUT2D eigenvalue weighted by Gasteiger charge is -2.32. The molecule has 1 saturated carbocycles. The van der Waals surface area contributed by atoms with E-state index >= 15 is 0 Å². The molecule has 1 unspecified atom stereocenters. The Labute approximate surface area is 190 Å². The van der Waals surface area contributed by atoms with E-state index in [-0.39, 0.29) is 24.5 Å². The number of fused-ring (bicyclic) bond motifs is 1. The van der Waals surface area contributed by atoms with Crippen LogP contribution in [0.3, 0.4) is 0 Å². The molecule has 1 aromatic heterocycles. The molecule has 1 amide bonds. The molecule has 0 bridgehead atoms. The molecule has 1 aliphatic carbocycles. The number of anilines is 1. The summed E-state index contributed by atoms with van der Waals surface area (Å²) in [6, 6.07) is 15.6. The second-order valence-electron chi connectivity index (χ2n) is 8.17. The molecular formula is C25H24N2O4S. The molecule has 1 aliphatic heterocycles. The standard InChI is InChI=1S/C25H24N2O4S/c1-16-25(29)27(14-23(28)31-19-9-5-6-10-19)21-13-18(11-12-22(21)30-16)20-15-32-24(26-20)17-7-3-2-4-8-17/h2-4,7-8,11-13,15-16,19H,5-6,9-10,14H2,1H3. The van der Waals surface area contributed by atoms with Gasteiger partial charge in [0.2, 0.25) is 0 Å². The summed E-state index contributed by atoms with van der Waals surface area (Å²) in [5.74, 6) is -0.0509. The summed E-state index contributed by atoms with van der Waals surface area (Å²) >= 11 is 1.57. The van der Waals surface area contributed by atoms with E-state index < -0.39 is 6.10 Å². The highest BCUT2D eigenvalue weighted by atomic mass is 32.1. The molecule has 3 aromatic rings. The summed E-state index contributed by atoms with van der Waals surface area (Å²) in [6.45, 7) is 1.58. The van der Waals surface area contributed by atoms with Gasteiger partial charge in [0.05, 0.1) is 11.4 Å². The fraction of sp³-hybridized carbons (Fsp3) is 0.320. The highest BCUT2D eigenvalue weighted by Gasteiger charge is 2.34. The molecular weight excluding hydrogens is 424 g/mol. The molecule has 164 valence electrons. The molecule has 2 aliphatic rings. The molecule has 0 N–H and O–H groups in total. The first-order valence-corrected chi connectivity index (χ1v) is 11.8. The number of carbonyl (C=O) groups is 2. The van der Waals surface area contributed by atoms with E-state index in [2.05, 4.69) is 0 Å². The van der Waals surface area contributed by atoms with Gasteiger partial charge in [-0.05, 0) is 50.8 Å². The number of thiazole rings is 1. The largest absolute Gasteiger partial charge is 0.479 e. The Kier molecular flexibility index (Phi) is 5.66. The highest BCUT2D eigenvalue weighted by molar-refractivity contribution is 7.13. The van der Waals surface area contributed by atoms with Gasteiger partial charge in [0.25, 0.3) is 5.91 Å². The number of hydrogen-bond donors (Lipinski definition) is 0. The zero-order chi connectivity index (χ0) is 22.1. The lowest BCUT2D eigenvalue weighted by molar-refractivity contribution is -0.148. The van der Waals surface area contributed by atoms with Crippen LogP contribution in [0, 0.1) is 0 Å². The SMILES string of the molecule is CC1Oc2ccc(-c3csc(-c4ccccc4)n3)cc2N(CC(=O)OC2CCCC2)C1=O. The lowest BCUT2D eigenvalue weighted by Crippen LogP contribution is -2.47. The van der Waals surface area contributed by atoms with Crippen LogP contribution in [0.1, 0.15) is 32.6 Å². The number of amides is 1. The van der Waals surface area contributed by atoms with E-state index in [1.807, 2.05) is 53.9 Å². The Balaban J connectivity index is 1.42. The molecule has 6 nitrogen and oxygen atoms in total. The average molecular weight is 449 g/mol. The normalized spacial score (nSPS) is 18.3. The van der Waals surface area contributed by atoms with Crippen LogP contribution in [-0.2, 0) is 14.3 Å². The Morgan fingerprint density at radius 3 is 2.72 bits per heavy atom. The van der Waals surface area contributed by atoms with Crippen molar-refractivity contribution in [3.05, 3.63) is 53.9 Å². The summed E-state index contributed by atoms with van der Waals surface area (Å²) in [4.78, 5) is 31.7. The van der Waals surface area contributed by atoms with Gasteiger partial charge in [0.15, 0.2) is 6.10 Å². The third-order valence-electron chi connectivity index (χ3n) is 5.88. The molecule has 7 heteroatoms. The first kappa shape index (κ1) is 20.7. The highest BCUT2D eigenvalue weighted by Crippen LogP contribution is 2.38. The summed E-state index contributed by atoms with van der Waals surface area (Å²) in [7, 11) is 0. The van der Waals surface area contributed by atoms with Crippen LogP contribution in [0.15, 0.2) is 53.9 Å². The Morgan fingerprint density at radius 1 is 1.16 bits per heavy atom. The van der Waals surface area contributed by atoms with Crippen molar-refractivity contribution in [2.75, 3.05) is 11.4 Å². The molecule has 0 saturated heterocycles. The van der Waals surface area contributed by atoms with Gasteiger partial charge in [0, 0.05) is 16.5 Å². The molecule has 2 aromatic carbocycles. The maximum atomic E-state index is 12.9. The third-order valence-corrected chi connectivity index (χ3v) is 6.77. The van der Waals surface area contributed by atoms with Gasteiger partial charge in [-0.3, -0.25) is 14.5 Å². The number of hydrogen-bond acceptors (Lipinski definition) is 6. The quantitative estimate of drug-likeness (QED) is 0.510. The second-order valence-corrected chi connectivity index (χ2v) is 9.03. The van der Waals surface area contributed by atoms with E-state index in [1.54, 1.807) is 18.3 Å². The van der Waals surface area contributed by atoms with Gasteiger partial charge in [-0.1, -0.05) is 30.3 Å².